The number of ether oxygens (including phenoxy) is 10. The molecule has 2 aliphatic carbocycles. The minimum atomic E-state index is -0.812. The Bertz CT molecular complexity index is 1650. The van der Waals surface area contributed by atoms with Crippen LogP contribution in [-0.4, -0.2) is 130 Å². The molecular weight excluding hydrogens is 809 g/mol. The van der Waals surface area contributed by atoms with Crippen LogP contribution in [0.5, 0.6) is 0 Å². The molecule has 5 aliphatic heterocycles. The second-order valence-corrected chi connectivity index (χ2v) is 19.3. The molecule has 1 saturated carbocycles. The van der Waals surface area contributed by atoms with Gasteiger partial charge in [-0.3, -0.25) is 4.79 Å². The largest absolute Gasteiger partial charge is 0.461 e. The Hall–Kier alpha value is -2.27. The van der Waals surface area contributed by atoms with Crippen LogP contribution in [-0.2, 0) is 52.2 Å². The van der Waals surface area contributed by atoms with Crippen molar-refractivity contribution in [3.8, 4) is 0 Å². The number of methoxy groups -OCH3 is 2. The lowest BCUT2D eigenvalue weighted by atomic mass is 9.75. The van der Waals surface area contributed by atoms with Crippen molar-refractivity contribution in [2.24, 2.45) is 29.6 Å². The van der Waals surface area contributed by atoms with Crippen LogP contribution in [0.3, 0.4) is 0 Å². The van der Waals surface area contributed by atoms with E-state index in [2.05, 4.69) is 45.1 Å². The molecule has 0 aromatic carbocycles. The smallest absolute Gasteiger partial charge is 0.313 e. The van der Waals surface area contributed by atoms with Gasteiger partial charge in [-0.25, -0.2) is 0 Å². The topological polar surface area (TPSA) is 150 Å². The van der Waals surface area contributed by atoms with Gasteiger partial charge in [0.25, 0.3) is 0 Å². The Labute approximate surface area is 375 Å². The van der Waals surface area contributed by atoms with Gasteiger partial charge in [0.1, 0.15) is 31.2 Å². The Balaban J connectivity index is 1.15. The first-order valence-corrected chi connectivity index (χ1v) is 23.8. The molecule has 2 bridgehead atoms. The molecule has 13 heteroatoms. The third kappa shape index (κ3) is 11.8. The quantitative estimate of drug-likeness (QED) is 0.199. The van der Waals surface area contributed by atoms with Crippen molar-refractivity contribution in [3.05, 3.63) is 59.3 Å². The molecule has 4 fully saturated rings. The van der Waals surface area contributed by atoms with E-state index >= 15 is 0 Å². The van der Waals surface area contributed by atoms with Gasteiger partial charge >= 0.3 is 5.97 Å². The molecule has 63 heavy (non-hydrogen) atoms. The molecule has 18 atom stereocenters. The minimum absolute atomic E-state index is 0.0459. The zero-order valence-corrected chi connectivity index (χ0v) is 38.9. The Kier molecular flexibility index (Phi) is 17.4. The highest BCUT2D eigenvalue weighted by molar-refractivity contribution is 5.76. The van der Waals surface area contributed by atoms with E-state index in [-0.39, 0.29) is 54.9 Å². The summed E-state index contributed by atoms with van der Waals surface area (Å²) in [6, 6.07) is 0. The zero-order chi connectivity index (χ0) is 44.8. The number of hydrogen-bond donors (Lipinski definition) is 2. The van der Waals surface area contributed by atoms with Crippen molar-refractivity contribution in [2.45, 2.75) is 192 Å². The Morgan fingerprint density at radius 1 is 0.746 bits per heavy atom. The van der Waals surface area contributed by atoms with Crippen molar-refractivity contribution < 1.29 is 62.4 Å². The first kappa shape index (κ1) is 48.7. The van der Waals surface area contributed by atoms with E-state index in [0.29, 0.717) is 50.2 Å². The van der Waals surface area contributed by atoms with Crippen LogP contribution in [0, 0.1) is 29.6 Å². The van der Waals surface area contributed by atoms with Gasteiger partial charge in [-0.05, 0) is 69.6 Å². The van der Waals surface area contributed by atoms with Crippen molar-refractivity contribution in [3.63, 3.8) is 0 Å². The van der Waals surface area contributed by atoms with E-state index in [1.807, 2.05) is 39.0 Å². The van der Waals surface area contributed by atoms with Gasteiger partial charge in [0.05, 0.1) is 61.4 Å². The molecule has 3 saturated heterocycles. The predicted octanol–water partition coefficient (Wildman–Crippen LogP) is 7.04. The number of aliphatic hydroxyl groups is 2. The summed E-state index contributed by atoms with van der Waals surface area (Å²) in [7, 11) is 3.26. The third-order valence-electron chi connectivity index (χ3n) is 14.8. The van der Waals surface area contributed by atoms with Crippen LogP contribution in [0.2, 0.25) is 0 Å². The van der Waals surface area contributed by atoms with E-state index < -0.39 is 67.3 Å². The maximum absolute atomic E-state index is 14.3. The zero-order valence-electron chi connectivity index (χ0n) is 38.9. The molecule has 13 nitrogen and oxygen atoms in total. The minimum Gasteiger partial charge on any atom is -0.461 e. The molecule has 354 valence electrons. The van der Waals surface area contributed by atoms with Gasteiger partial charge in [0, 0.05) is 57.7 Å². The summed E-state index contributed by atoms with van der Waals surface area (Å²) < 4.78 is 63.6. The lowest BCUT2D eigenvalue weighted by molar-refractivity contribution is -0.318. The molecule has 0 amide bonds. The van der Waals surface area contributed by atoms with Gasteiger partial charge < -0.3 is 57.6 Å². The predicted molar refractivity (Wildman–Crippen MR) is 235 cm³/mol. The molecule has 0 aromatic heterocycles. The van der Waals surface area contributed by atoms with E-state index in [4.69, 9.17) is 47.4 Å². The summed E-state index contributed by atoms with van der Waals surface area (Å²) in [6.07, 6.45) is 16.6. The van der Waals surface area contributed by atoms with Crippen molar-refractivity contribution >= 4 is 5.97 Å². The number of carbonyl (C=O) groups is 1. The van der Waals surface area contributed by atoms with E-state index in [1.54, 1.807) is 14.2 Å². The molecule has 0 aromatic rings. The number of rotatable bonds is 7. The van der Waals surface area contributed by atoms with Gasteiger partial charge in [-0.1, -0.05) is 75.6 Å². The van der Waals surface area contributed by atoms with Gasteiger partial charge in [-0.15, -0.1) is 0 Å². The fourth-order valence-corrected chi connectivity index (χ4v) is 11.1. The van der Waals surface area contributed by atoms with E-state index in [0.717, 1.165) is 24.0 Å². The van der Waals surface area contributed by atoms with Crippen LogP contribution < -0.4 is 0 Å². The summed E-state index contributed by atoms with van der Waals surface area (Å²) in [5.41, 5.74) is 2.67. The summed E-state index contributed by atoms with van der Waals surface area (Å²) in [5.74, 6) is -0.711. The van der Waals surface area contributed by atoms with Crippen LogP contribution >= 0.6 is 0 Å². The standard InChI is InChI=1S/C50H76O13/c1-28-14-12-18-35-26-56-49-43(35)38(22-31(4)44(49)51)50(53)61-37-19-13-15-29(2)47(34-16-10-9-11-17-34)58-27-57-36(23-37)21-20-30(3)46(28)62-42-25-40(55-8)48(33(6)60-42)63-41-24-39(54-7)45(52)32(5)59-41/h12-15,18,20,22,28-29,32-34,36-49,51-52H,9-11,16-17,19,21,23-27H2,1-8H3. The van der Waals surface area contributed by atoms with Gasteiger partial charge in [-0.2, -0.15) is 0 Å². The molecular formula is C50H76O13. The summed E-state index contributed by atoms with van der Waals surface area (Å²) >= 11 is 0. The summed E-state index contributed by atoms with van der Waals surface area (Å²) in [4.78, 5) is 14.3. The monoisotopic (exact) mass is 885 g/mol. The Morgan fingerprint density at radius 3 is 2.24 bits per heavy atom. The number of esters is 1. The van der Waals surface area contributed by atoms with Crippen LogP contribution in [0.25, 0.3) is 0 Å². The SMILES string of the molecule is COC1CC(OC2C(C)OC(OC3C(C)=CCC4CC(CC=CC(C)C(C5CCCCC5)OCO4)OC(=O)C4C=C(C)C(O)C5OCC(=CC=CC3C)C45)CC2OC)OC(C)C1O. The molecule has 0 radical (unpaired) electrons. The fourth-order valence-electron chi connectivity index (χ4n) is 11.1. The van der Waals surface area contributed by atoms with Crippen LogP contribution in [0.15, 0.2) is 59.3 Å². The number of hydrogen-bond acceptors (Lipinski definition) is 13. The first-order chi connectivity index (χ1) is 30.3. The molecule has 2 N–H and O–H groups in total. The van der Waals surface area contributed by atoms with Gasteiger partial charge in [0.15, 0.2) is 12.6 Å². The Morgan fingerprint density at radius 2 is 1.48 bits per heavy atom. The van der Waals surface area contributed by atoms with E-state index in [1.165, 1.54) is 19.3 Å². The summed E-state index contributed by atoms with van der Waals surface area (Å²) in [5, 5.41) is 21.7. The maximum Gasteiger partial charge on any atom is 0.313 e. The van der Waals surface area contributed by atoms with Gasteiger partial charge in [0.2, 0.25) is 0 Å². The summed E-state index contributed by atoms with van der Waals surface area (Å²) in [6.45, 7) is 12.5. The number of fused-ring (bicyclic) bond motifs is 2. The second-order valence-electron chi connectivity index (χ2n) is 19.3. The van der Waals surface area contributed by atoms with Crippen molar-refractivity contribution in [1.29, 1.82) is 0 Å². The molecule has 0 spiro atoms. The number of aliphatic hydroxyl groups excluding tert-OH is 2. The normalized spacial score (nSPS) is 43.8. The molecule has 18 unspecified atom stereocenters. The highest BCUT2D eigenvalue weighted by Crippen LogP contribution is 2.43. The van der Waals surface area contributed by atoms with Crippen molar-refractivity contribution in [2.75, 3.05) is 27.6 Å². The second kappa shape index (κ2) is 22.5. The molecule has 7 rings (SSSR count). The third-order valence-corrected chi connectivity index (χ3v) is 14.8. The van der Waals surface area contributed by atoms with Crippen LogP contribution in [0.1, 0.15) is 106 Å². The lowest BCUT2D eigenvalue weighted by Gasteiger charge is -2.44. The lowest BCUT2D eigenvalue weighted by Crippen LogP contribution is -2.55. The number of carbonyl (C=O) groups excluding carboxylic acids is 1. The molecule has 5 heterocycles. The fraction of sp³-hybridized carbons (Fsp3) is 0.780. The average Bonchev–Trinajstić information content (AvgIpc) is 3.68. The van der Waals surface area contributed by atoms with Crippen molar-refractivity contribution in [1.82, 2.24) is 0 Å². The van der Waals surface area contributed by atoms with Crippen LogP contribution in [0.4, 0.5) is 0 Å². The molecule has 7 aliphatic rings. The first-order valence-electron chi connectivity index (χ1n) is 23.8. The number of allylic oxidation sites excluding steroid dienone is 2. The van der Waals surface area contributed by atoms with E-state index in [9.17, 15) is 15.0 Å². The average molecular weight is 885 g/mol. The highest BCUT2D eigenvalue weighted by atomic mass is 16.7. The maximum atomic E-state index is 14.3. The highest BCUT2D eigenvalue weighted by Gasteiger charge is 2.49.